The maximum atomic E-state index is 5.96. The van der Waals surface area contributed by atoms with Gasteiger partial charge in [0.1, 0.15) is 12.6 Å². The minimum Gasteiger partial charge on any atom is -0.400 e. The molecule has 0 rings (SSSR count). The Kier molecular flexibility index (Phi) is 16.1. The molecule has 0 unspecified atom stereocenters. The fraction of sp³-hybridized carbons (Fsp3) is 1.00. The van der Waals surface area contributed by atoms with Crippen LogP contribution in [0.1, 0.15) is 40.5 Å². The first-order valence-electron chi connectivity index (χ1n) is 9.95. The Hall–Kier alpha value is 1.41. The van der Waals surface area contributed by atoms with Crippen LogP contribution in [0.2, 0.25) is 26.2 Å². The predicted molar refractivity (Wildman–Crippen MR) is 131 cm³/mol. The third kappa shape index (κ3) is 11.4. The Morgan fingerprint density at radius 1 is 0.615 bits per heavy atom. The number of rotatable bonds is 17. The third-order valence-electron chi connectivity index (χ3n) is 4.29. The lowest BCUT2D eigenvalue weighted by Crippen LogP contribution is -2.36. The molecule has 158 valence electrons. The van der Waals surface area contributed by atoms with Gasteiger partial charge in [-0.2, -0.15) is 0 Å². The normalized spacial score (nSPS) is 17.1. The Bertz CT molecular complexity index is 308. The Morgan fingerprint density at radius 2 is 0.885 bits per heavy atom. The molecule has 0 atom stereocenters. The predicted octanol–water partition coefficient (Wildman–Crippen LogP) is 2.45. The van der Waals surface area contributed by atoms with Crippen LogP contribution in [0, 0.1) is 10.8 Å². The van der Waals surface area contributed by atoms with E-state index in [-0.39, 0.29) is 23.4 Å². The van der Waals surface area contributed by atoms with Crippen LogP contribution >= 0.6 is 21.6 Å². The van der Waals surface area contributed by atoms with Crippen molar-refractivity contribution < 1.29 is 17.7 Å². The van der Waals surface area contributed by atoms with E-state index in [1.54, 1.807) is 0 Å². The first kappa shape index (κ1) is 27.4. The van der Waals surface area contributed by atoms with Gasteiger partial charge < -0.3 is 17.7 Å². The maximum Gasteiger partial charge on any atom is 0.161 e. The average Bonchev–Trinajstić information content (AvgIpc) is 2.57. The monoisotopic (exact) mass is 474 g/mol. The van der Waals surface area contributed by atoms with Crippen molar-refractivity contribution in [3.63, 3.8) is 0 Å². The van der Waals surface area contributed by atoms with Crippen LogP contribution in [0.5, 0.6) is 0 Å². The van der Waals surface area contributed by atoms with E-state index >= 15 is 0 Å². The van der Waals surface area contributed by atoms with Crippen molar-refractivity contribution in [3.05, 3.63) is 0 Å². The summed E-state index contributed by atoms with van der Waals surface area (Å²) >= 11 is 0. The fourth-order valence-electron chi connectivity index (χ4n) is 2.57. The summed E-state index contributed by atoms with van der Waals surface area (Å²) in [7, 11) is 2.21. The zero-order chi connectivity index (χ0) is 20.1. The molecule has 0 aliphatic rings. The molecule has 10 heteroatoms. The SMILES string of the molecule is C[SiH2]OC(O[SiH2]C)C(C)(C)CCSSCCC(C)(C)C(O[SiH2]C)O[SiH2]C. The molecule has 0 saturated carbocycles. The molecule has 0 saturated heterocycles. The maximum absolute atomic E-state index is 5.96. The zero-order valence-electron chi connectivity index (χ0n) is 18.3. The van der Waals surface area contributed by atoms with Crippen molar-refractivity contribution >= 4 is 60.6 Å². The molecule has 0 aliphatic carbocycles. The van der Waals surface area contributed by atoms with Gasteiger partial charge in [-0.25, -0.2) is 0 Å². The van der Waals surface area contributed by atoms with Gasteiger partial charge in [0, 0.05) is 22.3 Å². The van der Waals surface area contributed by atoms with Gasteiger partial charge in [-0.05, 0) is 12.8 Å². The van der Waals surface area contributed by atoms with Crippen molar-refractivity contribution in [2.24, 2.45) is 10.8 Å². The van der Waals surface area contributed by atoms with E-state index in [0.717, 1.165) is 24.3 Å². The van der Waals surface area contributed by atoms with E-state index in [4.69, 9.17) is 17.7 Å². The number of hydrogen-bond donors (Lipinski definition) is 0. The summed E-state index contributed by atoms with van der Waals surface area (Å²) < 4.78 is 23.8. The van der Waals surface area contributed by atoms with E-state index in [2.05, 4.69) is 53.9 Å². The number of hydrogen-bond acceptors (Lipinski definition) is 6. The van der Waals surface area contributed by atoms with Crippen LogP contribution < -0.4 is 0 Å². The van der Waals surface area contributed by atoms with Gasteiger partial charge in [0.05, 0.1) is 0 Å². The third-order valence-corrected chi connectivity index (χ3v) is 9.24. The summed E-state index contributed by atoms with van der Waals surface area (Å²) in [5.41, 5.74) is 0.201. The van der Waals surface area contributed by atoms with Crippen molar-refractivity contribution in [2.45, 2.75) is 79.3 Å². The average molecular weight is 475 g/mol. The summed E-state index contributed by atoms with van der Waals surface area (Å²) in [5.74, 6) is 2.27. The van der Waals surface area contributed by atoms with Crippen molar-refractivity contribution in [1.29, 1.82) is 0 Å². The fourth-order valence-corrected chi connectivity index (χ4v) is 9.01. The molecule has 0 bridgehead atoms. The minimum atomic E-state index is -0.436. The summed E-state index contributed by atoms with van der Waals surface area (Å²) in [6, 6.07) is 0. The van der Waals surface area contributed by atoms with Gasteiger partial charge in [-0.3, -0.25) is 0 Å². The van der Waals surface area contributed by atoms with Crippen molar-refractivity contribution in [1.82, 2.24) is 0 Å². The van der Waals surface area contributed by atoms with Crippen LogP contribution in [0.15, 0.2) is 0 Å². The van der Waals surface area contributed by atoms with Crippen LogP contribution in [0.3, 0.4) is 0 Å². The Morgan fingerprint density at radius 3 is 1.12 bits per heavy atom. The second-order valence-corrected chi connectivity index (χ2v) is 14.0. The second-order valence-electron chi connectivity index (χ2n) is 7.61. The highest BCUT2D eigenvalue weighted by Crippen LogP contribution is 2.36. The highest BCUT2D eigenvalue weighted by molar-refractivity contribution is 8.76. The lowest BCUT2D eigenvalue weighted by Gasteiger charge is -2.35. The molecule has 0 aliphatic heterocycles. The largest absolute Gasteiger partial charge is 0.400 e. The molecule has 0 aromatic carbocycles. The van der Waals surface area contributed by atoms with E-state index in [9.17, 15) is 0 Å². The Balaban J connectivity index is 4.17. The quantitative estimate of drug-likeness (QED) is 0.139. The summed E-state index contributed by atoms with van der Waals surface area (Å²) in [6.45, 7) is 17.8. The van der Waals surface area contributed by atoms with Gasteiger partial charge in [-0.15, -0.1) is 0 Å². The highest BCUT2D eigenvalue weighted by atomic mass is 33.1. The standard InChI is InChI=1S/C16H42O4S2Si4/c1-15(2,13(17-23-5)18-24-6)9-11-21-22-12-10-16(3,4)14(19-25-7)20-26-8/h13-14H,9-12,23-26H2,1-8H3. The van der Waals surface area contributed by atoms with Gasteiger partial charge in [0.25, 0.3) is 0 Å². The van der Waals surface area contributed by atoms with Crippen molar-refractivity contribution in [3.8, 4) is 0 Å². The van der Waals surface area contributed by atoms with Gasteiger partial charge in [0.15, 0.2) is 39.1 Å². The first-order valence-corrected chi connectivity index (χ1v) is 20.4. The van der Waals surface area contributed by atoms with Gasteiger partial charge in [-0.1, -0.05) is 75.5 Å². The topological polar surface area (TPSA) is 36.9 Å². The van der Waals surface area contributed by atoms with E-state index in [0.29, 0.717) is 0 Å². The lowest BCUT2D eigenvalue weighted by molar-refractivity contribution is -0.0796. The molecular weight excluding hydrogens is 433 g/mol. The molecule has 0 spiro atoms. The molecule has 0 N–H and O–H groups in total. The Labute approximate surface area is 179 Å². The van der Waals surface area contributed by atoms with Crippen molar-refractivity contribution in [2.75, 3.05) is 11.5 Å². The van der Waals surface area contributed by atoms with Crippen LogP contribution in [0.4, 0.5) is 0 Å². The molecule has 26 heavy (non-hydrogen) atoms. The van der Waals surface area contributed by atoms with E-state index < -0.39 is 39.1 Å². The highest BCUT2D eigenvalue weighted by Gasteiger charge is 2.31. The lowest BCUT2D eigenvalue weighted by atomic mass is 9.90. The molecule has 0 aromatic heterocycles. The van der Waals surface area contributed by atoms with Gasteiger partial charge >= 0.3 is 0 Å². The molecule has 4 nitrogen and oxygen atoms in total. The molecule has 0 radical (unpaired) electrons. The summed E-state index contributed by atoms with van der Waals surface area (Å²) in [6.07, 6.45) is 2.26. The zero-order valence-corrected chi connectivity index (χ0v) is 25.6. The van der Waals surface area contributed by atoms with Crippen LogP contribution in [0.25, 0.3) is 0 Å². The molecule has 0 fully saturated rings. The molecule has 0 amide bonds. The molecular formula is C16H42O4S2Si4. The molecule has 0 heterocycles. The smallest absolute Gasteiger partial charge is 0.161 e. The summed E-state index contributed by atoms with van der Waals surface area (Å²) in [4.78, 5) is 0. The molecule has 0 aromatic rings. The van der Waals surface area contributed by atoms with Crippen LogP contribution in [-0.2, 0) is 17.7 Å². The second kappa shape index (κ2) is 15.3. The van der Waals surface area contributed by atoms with E-state index in [1.807, 2.05) is 21.6 Å². The first-order chi connectivity index (χ1) is 12.2. The summed E-state index contributed by atoms with van der Waals surface area (Å²) in [5, 5.41) is 0. The van der Waals surface area contributed by atoms with Gasteiger partial charge in [0.2, 0.25) is 0 Å². The minimum absolute atomic E-state index is 0.00634. The van der Waals surface area contributed by atoms with Crippen LogP contribution in [-0.4, -0.2) is 63.1 Å². The van der Waals surface area contributed by atoms with E-state index in [1.165, 1.54) is 0 Å².